The first kappa shape index (κ1) is 37.2. The number of nitrogens with one attached hydrogen (secondary N) is 2. The van der Waals surface area contributed by atoms with Crippen molar-refractivity contribution in [1.29, 1.82) is 0 Å². The van der Waals surface area contributed by atoms with Crippen LogP contribution in [0.15, 0.2) is 30.5 Å². The van der Waals surface area contributed by atoms with Gasteiger partial charge in [0.1, 0.15) is 36.4 Å². The molecule has 6 atom stereocenters. The van der Waals surface area contributed by atoms with Gasteiger partial charge in [0.15, 0.2) is 11.8 Å². The summed E-state index contributed by atoms with van der Waals surface area (Å²) in [5, 5.41) is 25.0. The number of fused-ring (bicyclic) bond motifs is 4. The number of rotatable bonds is 20. The van der Waals surface area contributed by atoms with E-state index in [1.54, 1.807) is 11.1 Å². The van der Waals surface area contributed by atoms with E-state index in [1.807, 2.05) is 24.3 Å². The van der Waals surface area contributed by atoms with Crippen LogP contribution >= 0.6 is 0 Å². The smallest absolute Gasteiger partial charge is 0.327 e. The first-order valence-corrected chi connectivity index (χ1v) is 17.9. The highest BCUT2D eigenvalue weighted by atomic mass is 16.8. The average molecular weight is 688 g/mol. The van der Waals surface area contributed by atoms with Crippen molar-refractivity contribution in [3.8, 4) is 0 Å². The molecule has 4 fully saturated rings. The summed E-state index contributed by atoms with van der Waals surface area (Å²) in [6, 6.07) is 6.60. The monoisotopic (exact) mass is 687 g/mol. The van der Waals surface area contributed by atoms with Crippen molar-refractivity contribution >= 4 is 23.9 Å². The number of ether oxygens (including phenoxy) is 4. The number of aliphatic hydroxyl groups is 2. The fourth-order valence-corrected chi connectivity index (χ4v) is 7.60. The molecule has 2 amide bonds. The van der Waals surface area contributed by atoms with Crippen molar-refractivity contribution in [2.45, 2.75) is 121 Å². The molecular weight excluding hydrogens is 634 g/mol. The number of unbranched alkanes of at least 4 members (excludes halogenated alkanes) is 4. The maximum absolute atomic E-state index is 14.4. The minimum Gasteiger partial charge on any atom is -0.499 e. The molecule has 1 aliphatic carbocycles. The van der Waals surface area contributed by atoms with E-state index in [-0.39, 0.29) is 64.1 Å². The zero-order valence-electron chi connectivity index (χ0n) is 28.8. The summed E-state index contributed by atoms with van der Waals surface area (Å²) in [7, 11) is 0. The third kappa shape index (κ3) is 8.29. The normalized spacial score (nSPS) is 28.3. The SMILES string of the molecule is CCCCCC1(CCCCC)O[C@@H]2[C@H](O1)[C@H]1ON(Cc3ccc(C=COCCO)cc3)[C@H]3C(=O)O[C@@H]2C[C@@]13C(=O)NCCC(=O)NCCO. The Morgan fingerprint density at radius 1 is 0.980 bits per heavy atom. The Hall–Kier alpha value is -3.07. The molecule has 4 N–H and O–H groups in total. The first-order valence-electron chi connectivity index (χ1n) is 17.9. The molecule has 4 aliphatic rings. The lowest BCUT2D eigenvalue weighted by Gasteiger charge is -2.48. The molecule has 1 saturated carbocycles. The molecule has 0 spiro atoms. The second-order valence-electron chi connectivity index (χ2n) is 13.4. The maximum Gasteiger partial charge on any atom is 0.327 e. The van der Waals surface area contributed by atoms with Gasteiger partial charge in [-0.25, -0.2) is 0 Å². The molecule has 272 valence electrons. The van der Waals surface area contributed by atoms with Crippen LogP contribution in [0.4, 0.5) is 0 Å². The Labute approximate surface area is 288 Å². The topological polar surface area (TPSA) is 165 Å². The summed E-state index contributed by atoms with van der Waals surface area (Å²) in [5.41, 5.74) is 0.409. The molecule has 3 aliphatic heterocycles. The predicted molar refractivity (Wildman–Crippen MR) is 178 cm³/mol. The van der Waals surface area contributed by atoms with Gasteiger partial charge in [0.2, 0.25) is 11.8 Å². The number of carbonyl (C=O) groups excluding carboxylic acids is 3. The number of amides is 2. The van der Waals surface area contributed by atoms with Gasteiger partial charge >= 0.3 is 5.97 Å². The Balaban J connectivity index is 1.42. The average Bonchev–Trinajstić information content (AvgIpc) is 3.65. The van der Waals surface area contributed by atoms with Crippen molar-refractivity contribution in [1.82, 2.24) is 15.7 Å². The highest BCUT2D eigenvalue weighted by molar-refractivity contribution is 5.93. The van der Waals surface area contributed by atoms with Crippen LogP contribution in [0.2, 0.25) is 0 Å². The molecule has 3 saturated heterocycles. The zero-order valence-corrected chi connectivity index (χ0v) is 28.8. The van der Waals surface area contributed by atoms with Crippen LogP contribution in [-0.4, -0.2) is 102 Å². The van der Waals surface area contributed by atoms with Gasteiger partial charge in [-0.2, -0.15) is 5.06 Å². The second-order valence-corrected chi connectivity index (χ2v) is 13.4. The lowest BCUT2D eigenvalue weighted by atomic mass is 9.62. The van der Waals surface area contributed by atoms with E-state index in [9.17, 15) is 14.4 Å². The van der Waals surface area contributed by atoms with Crippen LogP contribution < -0.4 is 10.6 Å². The fourth-order valence-electron chi connectivity index (χ4n) is 7.60. The second kappa shape index (κ2) is 17.2. The highest BCUT2D eigenvalue weighted by Crippen LogP contribution is 2.58. The summed E-state index contributed by atoms with van der Waals surface area (Å²) in [4.78, 5) is 47.2. The van der Waals surface area contributed by atoms with Crippen LogP contribution in [0.25, 0.3) is 6.08 Å². The minimum absolute atomic E-state index is 0.0189. The summed E-state index contributed by atoms with van der Waals surface area (Å²) >= 11 is 0. The molecular formula is C36H53N3O10. The number of hydrogen-bond donors (Lipinski definition) is 4. The standard InChI is InChI=1S/C36H53N3O10/c1-3-5-7-15-35(16-8-6-4-2)47-29-27-23-36(34(44)38-17-13-28(42)37-18-19-40)31(33(43)46-27)39(49-32(36)30(29)48-35)24-26-11-9-25(10-12-26)14-21-45-22-20-41/h9-12,14,21,27,29-32,40-41H,3-8,13,15-20,22-24H2,1-2H3,(H,37,42)(H,38,44)/t27-,29+,30+,31+,32-,36+/m1/s1. The molecule has 0 radical (unpaired) electrons. The van der Waals surface area contributed by atoms with Gasteiger partial charge < -0.3 is 39.8 Å². The molecule has 13 nitrogen and oxygen atoms in total. The molecule has 0 aromatic heterocycles. The molecule has 13 heteroatoms. The molecule has 5 rings (SSSR count). The lowest BCUT2D eigenvalue weighted by molar-refractivity contribution is -0.224. The number of hydroxylamine groups is 2. The highest BCUT2D eigenvalue weighted by Gasteiger charge is 2.76. The predicted octanol–water partition coefficient (Wildman–Crippen LogP) is 2.72. The van der Waals surface area contributed by atoms with E-state index in [1.165, 1.54) is 6.26 Å². The molecule has 0 unspecified atom stereocenters. The van der Waals surface area contributed by atoms with Crippen LogP contribution in [0.1, 0.15) is 89.2 Å². The van der Waals surface area contributed by atoms with E-state index in [4.69, 9.17) is 34.0 Å². The third-order valence-electron chi connectivity index (χ3n) is 9.95. The number of benzene rings is 1. The summed E-state index contributed by atoms with van der Waals surface area (Å²) in [5.74, 6) is -2.09. The van der Waals surface area contributed by atoms with Gasteiger partial charge in [0, 0.05) is 38.8 Å². The third-order valence-corrected chi connectivity index (χ3v) is 9.95. The Bertz CT molecular complexity index is 1280. The molecule has 3 heterocycles. The Morgan fingerprint density at radius 3 is 2.37 bits per heavy atom. The summed E-state index contributed by atoms with van der Waals surface area (Å²) in [6.45, 7) is 4.66. The summed E-state index contributed by atoms with van der Waals surface area (Å²) < 4.78 is 25.0. The fraction of sp³-hybridized carbons (Fsp3) is 0.694. The molecule has 1 aromatic rings. The van der Waals surface area contributed by atoms with Crippen molar-refractivity contribution in [2.75, 3.05) is 32.9 Å². The van der Waals surface area contributed by atoms with Crippen molar-refractivity contribution < 1.29 is 48.4 Å². The van der Waals surface area contributed by atoms with E-state index in [2.05, 4.69) is 24.5 Å². The number of esters is 1. The van der Waals surface area contributed by atoms with E-state index >= 15 is 0 Å². The minimum atomic E-state index is -1.33. The van der Waals surface area contributed by atoms with Crippen molar-refractivity contribution in [3.05, 3.63) is 41.7 Å². The molecule has 1 aromatic carbocycles. The summed E-state index contributed by atoms with van der Waals surface area (Å²) in [6.07, 6.45) is 8.23. The Kier molecular flexibility index (Phi) is 13.1. The van der Waals surface area contributed by atoms with Crippen LogP contribution in [0, 0.1) is 5.41 Å². The number of aliphatic hydroxyl groups excluding tert-OH is 2. The van der Waals surface area contributed by atoms with Crippen LogP contribution in [0.3, 0.4) is 0 Å². The van der Waals surface area contributed by atoms with E-state index < -0.39 is 47.6 Å². The van der Waals surface area contributed by atoms with Gasteiger partial charge in [-0.3, -0.25) is 19.2 Å². The molecule has 49 heavy (non-hydrogen) atoms. The van der Waals surface area contributed by atoms with Crippen LogP contribution in [-0.2, 0) is 44.7 Å². The first-order chi connectivity index (χ1) is 23.8. The maximum atomic E-state index is 14.4. The number of nitrogens with zero attached hydrogens (tertiary/aromatic N) is 1. The quantitative estimate of drug-likeness (QED) is 0.0905. The van der Waals surface area contributed by atoms with Crippen molar-refractivity contribution in [2.24, 2.45) is 5.41 Å². The zero-order chi connectivity index (χ0) is 34.9. The van der Waals surface area contributed by atoms with Gasteiger partial charge in [-0.1, -0.05) is 63.8 Å². The van der Waals surface area contributed by atoms with E-state index in [0.29, 0.717) is 12.8 Å². The van der Waals surface area contributed by atoms with Crippen LogP contribution in [0.5, 0.6) is 0 Å². The van der Waals surface area contributed by atoms with Gasteiger partial charge in [-0.15, -0.1) is 0 Å². The number of carbonyl (C=O) groups is 3. The van der Waals surface area contributed by atoms with Gasteiger partial charge in [-0.05, 0) is 30.0 Å². The van der Waals surface area contributed by atoms with Crippen molar-refractivity contribution in [3.63, 3.8) is 0 Å². The van der Waals surface area contributed by atoms with Gasteiger partial charge in [0.05, 0.1) is 26.0 Å². The Morgan fingerprint density at radius 2 is 1.69 bits per heavy atom. The number of hydrogen-bond acceptors (Lipinski definition) is 11. The largest absolute Gasteiger partial charge is 0.499 e. The van der Waals surface area contributed by atoms with E-state index in [0.717, 1.165) is 49.7 Å². The van der Waals surface area contributed by atoms with Gasteiger partial charge in [0.25, 0.3) is 0 Å². The lowest BCUT2D eigenvalue weighted by Crippen LogP contribution is -2.69. The molecule has 2 bridgehead atoms.